The molecule has 0 aliphatic heterocycles. The SMILES string of the molecule is O=C(O)c1cc([N+](=O)[O-])ccc1NCCCC1CC1. The first-order valence-electron chi connectivity index (χ1n) is 6.33. The van der Waals surface area contributed by atoms with Crippen LogP contribution in [0.1, 0.15) is 36.0 Å². The highest BCUT2D eigenvalue weighted by molar-refractivity contribution is 5.95. The molecule has 6 nitrogen and oxygen atoms in total. The van der Waals surface area contributed by atoms with E-state index in [1.807, 2.05) is 0 Å². The maximum Gasteiger partial charge on any atom is 0.338 e. The van der Waals surface area contributed by atoms with Crippen LogP contribution in [0.15, 0.2) is 18.2 Å². The second kappa shape index (κ2) is 5.69. The summed E-state index contributed by atoms with van der Waals surface area (Å²) in [6.07, 6.45) is 4.75. The fourth-order valence-corrected chi connectivity index (χ4v) is 2.00. The number of carboxylic acid groups (broad SMARTS) is 1. The van der Waals surface area contributed by atoms with Gasteiger partial charge in [-0.25, -0.2) is 4.79 Å². The first-order chi connectivity index (χ1) is 9.08. The van der Waals surface area contributed by atoms with Crippen molar-refractivity contribution in [1.82, 2.24) is 0 Å². The zero-order valence-corrected chi connectivity index (χ0v) is 10.5. The molecule has 2 N–H and O–H groups in total. The predicted octanol–water partition coefficient (Wildman–Crippen LogP) is 2.90. The Bertz CT molecular complexity index is 497. The summed E-state index contributed by atoms with van der Waals surface area (Å²) in [5, 5.41) is 22.7. The van der Waals surface area contributed by atoms with E-state index in [9.17, 15) is 14.9 Å². The summed E-state index contributed by atoms with van der Waals surface area (Å²) in [5.41, 5.74) is 0.176. The van der Waals surface area contributed by atoms with E-state index >= 15 is 0 Å². The van der Waals surface area contributed by atoms with Gasteiger partial charge in [0.15, 0.2) is 0 Å². The van der Waals surface area contributed by atoms with Crippen molar-refractivity contribution in [3.63, 3.8) is 0 Å². The van der Waals surface area contributed by atoms with Crippen molar-refractivity contribution < 1.29 is 14.8 Å². The van der Waals surface area contributed by atoms with Crippen molar-refractivity contribution in [2.24, 2.45) is 5.92 Å². The summed E-state index contributed by atoms with van der Waals surface area (Å²) >= 11 is 0. The molecule has 1 aliphatic carbocycles. The normalized spacial score (nSPS) is 14.1. The van der Waals surface area contributed by atoms with Gasteiger partial charge in [-0.05, 0) is 24.8 Å². The molecular weight excluding hydrogens is 248 g/mol. The van der Waals surface area contributed by atoms with E-state index in [2.05, 4.69) is 5.32 Å². The highest BCUT2D eigenvalue weighted by atomic mass is 16.6. The van der Waals surface area contributed by atoms with E-state index in [-0.39, 0.29) is 11.3 Å². The Morgan fingerprint density at radius 2 is 2.21 bits per heavy atom. The van der Waals surface area contributed by atoms with Crippen LogP contribution in [0.5, 0.6) is 0 Å². The molecule has 0 heterocycles. The average molecular weight is 264 g/mol. The largest absolute Gasteiger partial charge is 0.478 e. The number of benzene rings is 1. The van der Waals surface area contributed by atoms with Crippen molar-refractivity contribution in [2.75, 3.05) is 11.9 Å². The van der Waals surface area contributed by atoms with Crippen LogP contribution in [-0.2, 0) is 0 Å². The van der Waals surface area contributed by atoms with Crippen LogP contribution in [0.4, 0.5) is 11.4 Å². The number of aromatic carboxylic acids is 1. The summed E-state index contributed by atoms with van der Waals surface area (Å²) in [6, 6.07) is 3.86. The lowest BCUT2D eigenvalue weighted by Gasteiger charge is -2.09. The van der Waals surface area contributed by atoms with Gasteiger partial charge in [0, 0.05) is 24.4 Å². The molecule has 1 aromatic carbocycles. The van der Waals surface area contributed by atoms with Crippen LogP contribution in [0.3, 0.4) is 0 Å². The van der Waals surface area contributed by atoms with Gasteiger partial charge in [-0.15, -0.1) is 0 Å². The number of hydrogen-bond acceptors (Lipinski definition) is 4. The Hall–Kier alpha value is -2.11. The number of non-ortho nitro benzene ring substituents is 1. The third-order valence-corrected chi connectivity index (χ3v) is 3.25. The molecule has 0 unspecified atom stereocenters. The summed E-state index contributed by atoms with van der Waals surface area (Å²) in [6.45, 7) is 0.689. The van der Waals surface area contributed by atoms with Gasteiger partial charge < -0.3 is 10.4 Å². The highest BCUT2D eigenvalue weighted by Gasteiger charge is 2.20. The Balaban J connectivity index is 2.00. The molecule has 1 aliphatic rings. The molecule has 0 spiro atoms. The average Bonchev–Trinajstić information content (AvgIpc) is 3.18. The minimum atomic E-state index is -1.16. The van der Waals surface area contributed by atoms with E-state index in [0.717, 1.165) is 24.8 Å². The summed E-state index contributed by atoms with van der Waals surface area (Å²) in [5.74, 6) is -0.314. The Labute approximate surface area is 110 Å². The number of carbonyl (C=O) groups is 1. The summed E-state index contributed by atoms with van der Waals surface area (Å²) < 4.78 is 0. The number of carboxylic acids is 1. The van der Waals surface area contributed by atoms with Crippen LogP contribution >= 0.6 is 0 Å². The third kappa shape index (κ3) is 3.67. The van der Waals surface area contributed by atoms with Gasteiger partial charge in [-0.3, -0.25) is 10.1 Å². The van der Waals surface area contributed by atoms with E-state index in [1.54, 1.807) is 0 Å². The predicted molar refractivity (Wildman–Crippen MR) is 70.5 cm³/mol. The fraction of sp³-hybridized carbons (Fsp3) is 0.462. The fourth-order valence-electron chi connectivity index (χ4n) is 2.00. The minimum absolute atomic E-state index is 0.0550. The zero-order valence-electron chi connectivity index (χ0n) is 10.5. The van der Waals surface area contributed by atoms with E-state index in [4.69, 9.17) is 5.11 Å². The number of nitro benzene ring substituents is 1. The van der Waals surface area contributed by atoms with Crippen LogP contribution in [0.25, 0.3) is 0 Å². The first-order valence-corrected chi connectivity index (χ1v) is 6.33. The molecule has 0 saturated heterocycles. The molecule has 19 heavy (non-hydrogen) atoms. The molecule has 1 aromatic rings. The van der Waals surface area contributed by atoms with Gasteiger partial charge >= 0.3 is 5.97 Å². The van der Waals surface area contributed by atoms with E-state index < -0.39 is 10.9 Å². The molecule has 0 atom stereocenters. The van der Waals surface area contributed by atoms with Crippen LogP contribution < -0.4 is 5.32 Å². The van der Waals surface area contributed by atoms with Crippen molar-refractivity contribution in [3.8, 4) is 0 Å². The number of nitro groups is 1. The second-order valence-corrected chi connectivity index (χ2v) is 4.80. The molecule has 2 rings (SSSR count). The van der Waals surface area contributed by atoms with Gasteiger partial charge in [0.25, 0.3) is 5.69 Å². The number of anilines is 1. The Kier molecular flexibility index (Phi) is 3.99. The molecule has 1 saturated carbocycles. The third-order valence-electron chi connectivity index (χ3n) is 3.25. The maximum atomic E-state index is 11.1. The summed E-state index contributed by atoms with van der Waals surface area (Å²) in [4.78, 5) is 21.1. The van der Waals surface area contributed by atoms with Gasteiger partial charge in [0.05, 0.1) is 10.5 Å². The Morgan fingerprint density at radius 1 is 1.47 bits per heavy atom. The number of rotatable bonds is 7. The molecule has 0 bridgehead atoms. The van der Waals surface area contributed by atoms with Crippen LogP contribution in [0.2, 0.25) is 0 Å². The molecule has 102 valence electrons. The molecule has 0 amide bonds. The lowest BCUT2D eigenvalue weighted by molar-refractivity contribution is -0.384. The molecule has 0 radical (unpaired) electrons. The minimum Gasteiger partial charge on any atom is -0.478 e. The molecule has 1 fully saturated rings. The zero-order chi connectivity index (χ0) is 13.8. The van der Waals surface area contributed by atoms with Crippen molar-refractivity contribution in [1.29, 1.82) is 0 Å². The highest BCUT2D eigenvalue weighted by Crippen LogP contribution is 2.33. The van der Waals surface area contributed by atoms with Crippen molar-refractivity contribution in [2.45, 2.75) is 25.7 Å². The lowest BCUT2D eigenvalue weighted by atomic mass is 10.1. The second-order valence-electron chi connectivity index (χ2n) is 4.80. The van der Waals surface area contributed by atoms with Gasteiger partial charge in [0.2, 0.25) is 0 Å². The Morgan fingerprint density at radius 3 is 2.79 bits per heavy atom. The lowest BCUT2D eigenvalue weighted by Crippen LogP contribution is -2.08. The topological polar surface area (TPSA) is 92.5 Å². The quantitative estimate of drug-likeness (QED) is 0.448. The van der Waals surface area contributed by atoms with Crippen molar-refractivity contribution in [3.05, 3.63) is 33.9 Å². The number of hydrogen-bond donors (Lipinski definition) is 2. The van der Waals surface area contributed by atoms with Gasteiger partial charge in [-0.2, -0.15) is 0 Å². The first kappa shape index (κ1) is 13.3. The van der Waals surface area contributed by atoms with E-state index in [0.29, 0.717) is 12.2 Å². The van der Waals surface area contributed by atoms with Gasteiger partial charge in [0.1, 0.15) is 0 Å². The smallest absolute Gasteiger partial charge is 0.338 e. The summed E-state index contributed by atoms with van der Waals surface area (Å²) in [7, 11) is 0. The van der Waals surface area contributed by atoms with Crippen LogP contribution in [0, 0.1) is 16.0 Å². The standard InChI is InChI=1S/C13H16N2O4/c16-13(17)11-8-10(15(18)19)5-6-12(11)14-7-1-2-9-3-4-9/h5-6,8-9,14H,1-4,7H2,(H,16,17). The molecule has 6 heteroatoms. The molecule has 0 aromatic heterocycles. The van der Waals surface area contributed by atoms with E-state index in [1.165, 1.54) is 25.0 Å². The monoisotopic (exact) mass is 264 g/mol. The molecular formula is C13H16N2O4. The number of nitrogens with zero attached hydrogens (tertiary/aromatic N) is 1. The number of nitrogens with one attached hydrogen (secondary N) is 1. The van der Waals surface area contributed by atoms with Crippen molar-refractivity contribution >= 4 is 17.3 Å². The van der Waals surface area contributed by atoms with Crippen LogP contribution in [-0.4, -0.2) is 22.5 Å². The maximum absolute atomic E-state index is 11.1. The van der Waals surface area contributed by atoms with Gasteiger partial charge in [-0.1, -0.05) is 12.8 Å².